The van der Waals surface area contributed by atoms with E-state index in [1.54, 1.807) is 0 Å². The summed E-state index contributed by atoms with van der Waals surface area (Å²) in [6.45, 7) is 13.5. The van der Waals surface area contributed by atoms with E-state index in [1.807, 2.05) is 0 Å². The zero-order chi connectivity index (χ0) is 13.3. The van der Waals surface area contributed by atoms with Gasteiger partial charge in [0.2, 0.25) is 0 Å². The van der Waals surface area contributed by atoms with Crippen molar-refractivity contribution in [3.8, 4) is 0 Å². The van der Waals surface area contributed by atoms with E-state index >= 15 is 0 Å². The number of rotatable bonds is 1. The highest BCUT2D eigenvalue weighted by molar-refractivity contribution is 5.59. The Balaban J connectivity index is 2.32. The van der Waals surface area contributed by atoms with Crippen LogP contribution in [-0.2, 0) is 0 Å². The van der Waals surface area contributed by atoms with Gasteiger partial charge in [-0.2, -0.15) is 0 Å². The van der Waals surface area contributed by atoms with Gasteiger partial charge in [0.15, 0.2) is 0 Å². The van der Waals surface area contributed by atoms with Crippen molar-refractivity contribution in [1.82, 2.24) is 5.32 Å². The molecule has 1 aliphatic rings. The summed E-state index contributed by atoms with van der Waals surface area (Å²) in [7, 11) is 0. The smallest absolute Gasteiger partial charge is 0.0426 e. The van der Waals surface area contributed by atoms with E-state index < -0.39 is 0 Å². The minimum Gasteiger partial charge on any atom is -0.369 e. The standard InChI is InChI=1S/C16H26N2/c1-12-7-6-8-13(2)15(12)18-10-9-14(3)17-16(4,5)11-18/h6-8,14,17H,9-11H2,1-5H3. The van der Waals surface area contributed by atoms with Gasteiger partial charge in [0.05, 0.1) is 0 Å². The van der Waals surface area contributed by atoms with Crippen LogP contribution in [0.4, 0.5) is 5.69 Å². The molecule has 1 aromatic carbocycles. The lowest BCUT2D eigenvalue weighted by Crippen LogP contribution is -2.49. The lowest BCUT2D eigenvalue weighted by atomic mass is 10.0. The van der Waals surface area contributed by atoms with Crippen molar-refractivity contribution in [2.45, 2.75) is 52.6 Å². The molecule has 1 unspecified atom stereocenters. The van der Waals surface area contributed by atoms with Crippen LogP contribution in [0.3, 0.4) is 0 Å². The van der Waals surface area contributed by atoms with Gasteiger partial charge in [0.1, 0.15) is 0 Å². The summed E-state index contributed by atoms with van der Waals surface area (Å²) in [5.41, 5.74) is 4.38. The number of hydrogen-bond acceptors (Lipinski definition) is 2. The van der Waals surface area contributed by atoms with Crippen molar-refractivity contribution in [1.29, 1.82) is 0 Å². The number of anilines is 1. The Labute approximate surface area is 111 Å². The Kier molecular flexibility index (Phi) is 3.67. The summed E-state index contributed by atoms with van der Waals surface area (Å²) in [5, 5.41) is 3.72. The summed E-state index contributed by atoms with van der Waals surface area (Å²) in [4.78, 5) is 2.56. The number of nitrogens with zero attached hydrogens (tertiary/aromatic N) is 1. The number of nitrogens with one attached hydrogen (secondary N) is 1. The molecule has 0 bridgehead atoms. The predicted molar refractivity (Wildman–Crippen MR) is 79.4 cm³/mol. The van der Waals surface area contributed by atoms with Crippen LogP contribution >= 0.6 is 0 Å². The molecule has 0 aliphatic carbocycles. The topological polar surface area (TPSA) is 15.3 Å². The first kappa shape index (κ1) is 13.4. The molecule has 1 aliphatic heterocycles. The van der Waals surface area contributed by atoms with Gasteiger partial charge in [-0.25, -0.2) is 0 Å². The molecule has 2 rings (SSSR count). The second-order valence-electron chi connectivity index (χ2n) is 6.38. The third-order valence-corrected chi connectivity index (χ3v) is 3.81. The maximum Gasteiger partial charge on any atom is 0.0426 e. The van der Waals surface area contributed by atoms with E-state index in [4.69, 9.17) is 0 Å². The first-order valence-electron chi connectivity index (χ1n) is 6.98. The lowest BCUT2D eigenvalue weighted by molar-refractivity contribution is 0.368. The molecule has 0 aromatic heterocycles. The SMILES string of the molecule is Cc1cccc(C)c1N1CCC(C)NC(C)(C)C1. The Hall–Kier alpha value is -1.02. The first-order chi connectivity index (χ1) is 8.39. The molecule has 0 amide bonds. The average Bonchev–Trinajstić information content (AvgIpc) is 2.36. The van der Waals surface area contributed by atoms with E-state index in [2.05, 4.69) is 63.0 Å². The predicted octanol–water partition coefficient (Wildman–Crippen LogP) is 3.27. The summed E-state index contributed by atoms with van der Waals surface area (Å²) >= 11 is 0. The third kappa shape index (κ3) is 2.86. The van der Waals surface area contributed by atoms with Gasteiger partial charge in [0, 0.05) is 30.4 Å². The Morgan fingerprint density at radius 1 is 1.22 bits per heavy atom. The molecule has 1 fully saturated rings. The average molecular weight is 246 g/mol. The van der Waals surface area contributed by atoms with E-state index in [1.165, 1.54) is 23.2 Å². The molecule has 0 saturated carbocycles. The number of aryl methyl sites for hydroxylation is 2. The molecule has 1 aromatic rings. The van der Waals surface area contributed by atoms with Crippen LogP contribution < -0.4 is 10.2 Å². The molecular weight excluding hydrogens is 220 g/mol. The van der Waals surface area contributed by atoms with E-state index in [0.29, 0.717) is 6.04 Å². The summed E-state index contributed by atoms with van der Waals surface area (Å²) in [5.74, 6) is 0. The molecule has 1 atom stereocenters. The van der Waals surface area contributed by atoms with E-state index in [-0.39, 0.29) is 5.54 Å². The van der Waals surface area contributed by atoms with Crippen LogP contribution in [0.2, 0.25) is 0 Å². The van der Waals surface area contributed by atoms with Crippen LogP contribution in [0.5, 0.6) is 0 Å². The van der Waals surface area contributed by atoms with Gasteiger partial charge in [-0.05, 0) is 52.2 Å². The van der Waals surface area contributed by atoms with Crippen molar-refractivity contribution >= 4 is 5.69 Å². The van der Waals surface area contributed by atoms with Gasteiger partial charge < -0.3 is 10.2 Å². The Bertz CT molecular complexity index is 403. The van der Waals surface area contributed by atoms with Crippen LogP contribution in [0.15, 0.2) is 18.2 Å². The van der Waals surface area contributed by atoms with Crippen molar-refractivity contribution in [2.75, 3.05) is 18.0 Å². The molecular formula is C16H26N2. The fraction of sp³-hybridized carbons (Fsp3) is 0.625. The molecule has 2 nitrogen and oxygen atoms in total. The fourth-order valence-electron chi connectivity index (χ4n) is 3.19. The molecule has 2 heteroatoms. The van der Waals surface area contributed by atoms with Gasteiger partial charge in [-0.15, -0.1) is 0 Å². The zero-order valence-corrected chi connectivity index (χ0v) is 12.4. The van der Waals surface area contributed by atoms with E-state index in [0.717, 1.165) is 13.1 Å². The normalized spacial score (nSPS) is 23.8. The highest BCUT2D eigenvalue weighted by Crippen LogP contribution is 2.28. The molecule has 18 heavy (non-hydrogen) atoms. The van der Waals surface area contributed by atoms with Crippen molar-refractivity contribution in [2.24, 2.45) is 0 Å². The highest BCUT2D eigenvalue weighted by atomic mass is 15.2. The summed E-state index contributed by atoms with van der Waals surface area (Å²) in [6.07, 6.45) is 1.21. The van der Waals surface area contributed by atoms with Gasteiger partial charge in [-0.1, -0.05) is 18.2 Å². The minimum absolute atomic E-state index is 0.171. The largest absolute Gasteiger partial charge is 0.369 e. The van der Waals surface area contributed by atoms with Gasteiger partial charge in [-0.3, -0.25) is 0 Å². The quantitative estimate of drug-likeness (QED) is 0.818. The molecule has 0 radical (unpaired) electrons. The fourth-order valence-corrected chi connectivity index (χ4v) is 3.19. The number of benzene rings is 1. The van der Waals surface area contributed by atoms with E-state index in [9.17, 15) is 0 Å². The monoisotopic (exact) mass is 246 g/mol. The maximum atomic E-state index is 3.72. The second-order valence-corrected chi connectivity index (χ2v) is 6.38. The third-order valence-electron chi connectivity index (χ3n) is 3.81. The maximum absolute atomic E-state index is 3.72. The lowest BCUT2D eigenvalue weighted by Gasteiger charge is -2.33. The molecule has 1 heterocycles. The molecule has 1 N–H and O–H groups in total. The van der Waals surface area contributed by atoms with Gasteiger partial charge >= 0.3 is 0 Å². The van der Waals surface area contributed by atoms with Crippen molar-refractivity contribution in [3.63, 3.8) is 0 Å². The van der Waals surface area contributed by atoms with Crippen LogP contribution in [-0.4, -0.2) is 24.7 Å². The van der Waals surface area contributed by atoms with Crippen LogP contribution in [0, 0.1) is 13.8 Å². The summed E-state index contributed by atoms with van der Waals surface area (Å²) in [6, 6.07) is 7.18. The molecule has 1 saturated heterocycles. The minimum atomic E-state index is 0.171. The number of para-hydroxylation sites is 1. The van der Waals surface area contributed by atoms with Crippen molar-refractivity contribution < 1.29 is 0 Å². The summed E-state index contributed by atoms with van der Waals surface area (Å²) < 4.78 is 0. The van der Waals surface area contributed by atoms with Crippen LogP contribution in [0.25, 0.3) is 0 Å². The second kappa shape index (κ2) is 4.93. The van der Waals surface area contributed by atoms with Crippen LogP contribution in [0.1, 0.15) is 38.3 Å². The van der Waals surface area contributed by atoms with Gasteiger partial charge in [0.25, 0.3) is 0 Å². The number of hydrogen-bond donors (Lipinski definition) is 1. The van der Waals surface area contributed by atoms with Crippen molar-refractivity contribution in [3.05, 3.63) is 29.3 Å². The Morgan fingerprint density at radius 2 is 1.83 bits per heavy atom. The first-order valence-corrected chi connectivity index (χ1v) is 6.98. The Morgan fingerprint density at radius 3 is 2.44 bits per heavy atom. The molecule has 100 valence electrons. The zero-order valence-electron chi connectivity index (χ0n) is 12.4. The molecule has 0 spiro atoms. The highest BCUT2D eigenvalue weighted by Gasteiger charge is 2.28.